The number of amides is 2. The van der Waals surface area contributed by atoms with E-state index in [4.69, 9.17) is 0 Å². The molecule has 136 valence electrons. The molecule has 2 fully saturated rings. The molecule has 26 heavy (non-hydrogen) atoms. The van der Waals surface area contributed by atoms with Gasteiger partial charge in [0.05, 0.1) is 4.88 Å². The Labute approximate surface area is 158 Å². The van der Waals surface area contributed by atoms with Gasteiger partial charge in [0.25, 0.3) is 5.91 Å². The van der Waals surface area contributed by atoms with Gasteiger partial charge in [0.15, 0.2) is 0 Å². The highest BCUT2D eigenvalue weighted by Gasteiger charge is 2.26. The molecule has 0 radical (unpaired) electrons. The first-order chi connectivity index (χ1) is 12.6. The van der Waals surface area contributed by atoms with E-state index in [9.17, 15) is 9.59 Å². The molecule has 0 N–H and O–H groups in total. The summed E-state index contributed by atoms with van der Waals surface area (Å²) in [5.74, 6) is 0.897. The third-order valence-electron chi connectivity index (χ3n) is 5.41. The molecule has 1 saturated heterocycles. The van der Waals surface area contributed by atoms with Gasteiger partial charge in [-0.25, -0.2) is 0 Å². The van der Waals surface area contributed by atoms with Crippen LogP contribution >= 0.6 is 11.3 Å². The van der Waals surface area contributed by atoms with Crippen molar-refractivity contribution in [1.29, 1.82) is 0 Å². The van der Waals surface area contributed by atoms with Gasteiger partial charge in [0, 0.05) is 37.0 Å². The number of thiophene rings is 1. The fraction of sp³-hybridized carbons (Fsp3) is 0.429. The second kappa shape index (κ2) is 7.23. The molecule has 1 saturated carbocycles. The van der Waals surface area contributed by atoms with Crippen LogP contribution in [0.25, 0.3) is 10.1 Å². The van der Waals surface area contributed by atoms with Crippen molar-refractivity contribution in [2.75, 3.05) is 26.2 Å². The highest BCUT2D eigenvalue weighted by molar-refractivity contribution is 7.20. The van der Waals surface area contributed by atoms with Crippen LogP contribution in [0.15, 0.2) is 42.0 Å². The van der Waals surface area contributed by atoms with Crippen molar-refractivity contribution in [2.24, 2.45) is 5.92 Å². The van der Waals surface area contributed by atoms with E-state index in [-0.39, 0.29) is 11.8 Å². The third kappa shape index (κ3) is 3.54. The van der Waals surface area contributed by atoms with Crippen molar-refractivity contribution in [3.63, 3.8) is 0 Å². The first-order valence-electron chi connectivity index (χ1n) is 9.36. The Morgan fingerprint density at radius 3 is 2.54 bits per heavy atom. The predicted octanol–water partition coefficient (Wildman–Crippen LogP) is 3.93. The summed E-state index contributed by atoms with van der Waals surface area (Å²) in [5, 5.41) is 1.12. The molecule has 1 aliphatic heterocycles. The Morgan fingerprint density at radius 2 is 1.85 bits per heavy atom. The molecule has 2 aromatic rings. The number of hydrogen-bond donors (Lipinski definition) is 0. The smallest absolute Gasteiger partial charge is 0.264 e. The van der Waals surface area contributed by atoms with Crippen molar-refractivity contribution in [3.8, 4) is 0 Å². The summed E-state index contributed by atoms with van der Waals surface area (Å²) < 4.78 is 1.14. The van der Waals surface area contributed by atoms with Gasteiger partial charge < -0.3 is 9.80 Å². The van der Waals surface area contributed by atoms with Crippen LogP contribution in [0.2, 0.25) is 0 Å². The molecule has 1 aliphatic carbocycles. The van der Waals surface area contributed by atoms with Crippen LogP contribution in [-0.4, -0.2) is 47.8 Å². The minimum atomic E-state index is 0.0845. The summed E-state index contributed by atoms with van der Waals surface area (Å²) in [6, 6.07) is 10.1. The number of hydrogen-bond acceptors (Lipinski definition) is 3. The van der Waals surface area contributed by atoms with E-state index in [1.807, 2.05) is 46.2 Å². The van der Waals surface area contributed by atoms with E-state index in [1.165, 1.54) is 12.0 Å². The van der Waals surface area contributed by atoms with Gasteiger partial charge in [-0.15, -0.1) is 11.3 Å². The van der Waals surface area contributed by atoms with Gasteiger partial charge >= 0.3 is 0 Å². The standard InChI is InChI=1S/C21H24N2O2S/c1-15-6-7-16(12-15)13-20(24)22-8-10-23(11-9-22)21(25)19-14-17-4-2-3-5-18(17)26-19/h2-5,13-15H,6-12H2,1H3/b16-13+. The van der Waals surface area contributed by atoms with Crippen LogP contribution in [0.4, 0.5) is 0 Å². The van der Waals surface area contributed by atoms with Gasteiger partial charge in [0.2, 0.25) is 5.91 Å². The molecule has 1 aromatic heterocycles. The Kier molecular flexibility index (Phi) is 4.81. The predicted molar refractivity (Wildman–Crippen MR) is 105 cm³/mol. The topological polar surface area (TPSA) is 40.6 Å². The molecule has 5 heteroatoms. The number of benzene rings is 1. The van der Waals surface area contributed by atoms with Crippen LogP contribution in [0.3, 0.4) is 0 Å². The van der Waals surface area contributed by atoms with E-state index in [0.717, 1.165) is 27.8 Å². The number of rotatable bonds is 2. The molecule has 0 bridgehead atoms. The molecular formula is C21H24N2O2S. The summed E-state index contributed by atoms with van der Waals surface area (Å²) in [7, 11) is 0. The van der Waals surface area contributed by atoms with Crippen molar-refractivity contribution in [1.82, 2.24) is 9.80 Å². The SMILES string of the molecule is CC1CC/C(=C\C(=O)N2CCN(C(=O)c3cc4ccccc4s3)CC2)C1. The van der Waals surface area contributed by atoms with E-state index in [1.54, 1.807) is 11.3 Å². The van der Waals surface area contributed by atoms with Crippen LogP contribution in [0, 0.1) is 5.92 Å². The van der Waals surface area contributed by atoms with Gasteiger partial charge in [0.1, 0.15) is 0 Å². The van der Waals surface area contributed by atoms with Crippen LogP contribution < -0.4 is 0 Å². The van der Waals surface area contributed by atoms with Crippen molar-refractivity contribution in [2.45, 2.75) is 26.2 Å². The normalized spacial score (nSPS) is 22.3. The largest absolute Gasteiger partial charge is 0.336 e. The van der Waals surface area contributed by atoms with Gasteiger partial charge in [-0.2, -0.15) is 0 Å². The lowest BCUT2D eigenvalue weighted by Crippen LogP contribution is -2.50. The average molecular weight is 369 g/mol. The number of fused-ring (bicyclic) bond motifs is 1. The Morgan fingerprint density at radius 1 is 1.12 bits per heavy atom. The van der Waals surface area contributed by atoms with Gasteiger partial charge in [-0.05, 0) is 42.7 Å². The Hall–Kier alpha value is -2.14. The first-order valence-corrected chi connectivity index (χ1v) is 10.2. The summed E-state index contributed by atoms with van der Waals surface area (Å²) in [4.78, 5) is 29.8. The summed E-state index contributed by atoms with van der Waals surface area (Å²) in [6.07, 6.45) is 5.14. The molecule has 4 rings (SSSR count). The van der Waals surface area contributed by atoms with Crippen LogP contribution in [0.5, 0.6) is 0 Å². The minimum Gasteiger partial charge on any atom is -0.336 e. The van der Waals surface area contributed by atoms with E-state index in [2.05, 4.69) is 6.92 Å². The fourth-order valence-electron chi connectivity index (χ4n) is 3.85. The van der Waals surface area contributed by atoms with Crippen molar-refractivity contribution in [3.05, 3.63) is 46.9 Å². The molecule has 2 aliphatic rings. The Bertz CT molecular complexity index is 829. The van der Waals surface area contributed by atoms with E-state index >= 15 is 0 Å². The molecular weight excluding hydrogens is 344 g/mol. The van der Waals surface area contributed by atoms with E-state index < -0.39 is 0 Å². The zero-order chi connectivity index (χ0) is 18.1. The molecule has 2 amide bonds. The maximum atomic E-state index is 12.8. The van der Waals surface area contributed by atoms with E-state index in [0.29, 0.717) is 32.1 Å². The molecule has 0 spiro atoms. The number of allylic oxidation sites excluding steroid dienone is 1. The lowest BCUT2D eigenvalue weighted by atomic mass is 10.1. The highest BCUT2D eigenvalue weighted by atomic mass is 32.1. The summed E-state index contributed by atoms with van der Waals surface area (Å²) in [6.45, 7) is 4.70. The summed E-state index contributed by atoms with van der Waals surface area (Å²) >= 11 is 1.55. The monoisotopic (exact) mass is 368 g/mol. The molecule has 1 atom stereocenters. The van der Waals surface area contributed by atoms with Crippen molar-refractivity contribution < 1.29 is 9.59 Å². The second-order valence-corrected chi connectivity index (χ2v) is 8.50. The van der Waals surface area contributed by atoms with Gasteiger partial charge in [-0.3, -0.25) is 9.59 Å². The number of piperazine rings is 1. The number of nitrogens with zero attached hydrogens (tertiary/aromatic N) is 2. The summed E-state index contributed by atoms with van der Waals surface area (Å²) in [5.41, 5.74) is 1.28. The first kappa shape index (κ1) is 17.3. The maximum Gasteiger partial charge on any atom is 0.264 e. The van der Waals surface area contributed by atoms with Gasteiger partial charge in [-0.1, -0.05) is 30.7 Å². The molecule has 2 heterocycles. The zero-order valence-corrected chi connectivity index (χ0v) is 15.9. The Balaban J connectivity index is 1.37. The second-order valence-electron chi connectivity index (χ2n) is 7.42. The quantitative estimate of drug-likeness (QED) is 0.754. The molecule has 1 unspecified atom stereocenters. The maximum absolute atomic E-state index is 12.8. The number of carbonyl (C=O) groups is 2. The van der Waals surface area contributed by atoms with Crippen molar-refractivity contribution >= 4 is 33.2 Å². The lowest BCUT2D eigenvalue weighted by molar-refractivity contribution is -0.127. The highest BCUT2D eigenvalue weighted by Crippen LogP contribution is 2.30. The fourth-order valence-corrected chi connectivity index (χ4v) is 4.88. The average Bonchev–Trinajstić information content (AvgIpc) is 3.27. The van der Waals surface area contributed by atoms with Crippen LogP contribution in [0.1, 0.15) is 35.9 Å². The minimum absolute atomic E-state index is 0.0845. The van der Waals surface area contributed by atoms with Crippen LogP contribution in [-0.2, 0) is 4.79 Å². The molecule has 1 aromatic carbocycles. The molecule has 4 nitrogen and oxygen atoms in total. The lowest BCUT2D eigenvalue weighted by Gasteiger charge is -2.34. The zero-order valence-electron chi connectivity index (χ0n) is 15.1. The number of carbonyl (C=O) groups excluding carboxylic acids is 2. The third-order valence-corrected chi connectivity index (χ3v) is 6.52.